The predicted octanol–water partition coefficient (Wildman–Crippen LogP) is 8.34. The number of rotatable bonds is 5. The number of hydrogen-bond donors (Lipinski definition) is 0. The maximum atomic E-state index is 2.95. The number of hydrogen-bond acceptors (Lipinski definition) is 2. The molecule has 0 N–H and O–H groups in total. The van der Waals surface area contributed by atoms with Crippen molar-refractivity contribution in [2.45, 2.75) is 175 Å². The van der Waals surface area contributed by atoms with Crippen LogP contribution in [-0.2, 0) is 0 Å². The van der Waals surface area contributed by atoms with E-state index < -0.39 is 40.7 Å². The van der Waals surface area contributed by atoms with Gasteiger partial charge in [0.2, 0.25) is 0 Å². The summed E-state index contributed by atoms with van der Waals surface area (Å²) in [6.45, 7) is 43.3. The van der Waals surface area contributed by atoms with Crippen molar-refractivity contribution in [3.8, 4) is 0 Å². The fourth-order valence-corrected chi connectivity index (χ4v) is 100. The molecule has 2 fully saturated rings. The minimum absolute atomic E-state index is 0.0255. The molecular formula is C27H63GaN2Si4. The van der Waals surface area contributed by atoms with Crippen molar-refractivity contribution in [1.82, 2.24) is 7.21 Å². The molecule has 0 aromatic carbocycles. The van der Waals surface area contributed by atoms with E-state index in [-0.39, 0.29) is 7.35 Å². The molecule has 0 saturated carbocycles. The van der Waals surface area contributed by atoms with Gasteiger partial charge in [0.15, 0.2) is 0 Å². The van der Waals surface area contributed by atoms with E-state index in [1.54, 1.807) is 0 Å². The zero-order valence-corrected chi connectivity index (χ0v) is 33.1. The zero-order chi connectivity index (χ0) is 27.2. The first-order chi connectivity index (χ1) is 14.8. The van der Waals surface area contributed by atoms with Gasteiger partial charge >= 0.3 is 141 Å². The summed E-state index contributed by atoms with van der Waals surface area (Å²) in [5.74, 6) is 0. The summed E-state index contributed by atoms with van der Waals surface area (Å²) >= 11 is -0.623. The minimum atomic E-state index is -0.832. The molecular weight excluding hydrogens is 534 g/mol. The SMILES string of the molecule is CC1(C)CCCC(C)(C)[N]1[Ga][N]1C(C)(C)CCCC1(C)C.C[Si](C)(C)[Si]([Si](C)(C)C)[Si](C)(C)C. The Labute approximate surface area is 229 Å². The number of piperidine rings is 2. The third-order valence-electron chi connectivity index (χ3n) is 8.24. The van der Waals surface area contributed by atoms with Gasteiger partial charge in [-0.2, -0.15) is 0 Å². The average Bonchev–Trinajstić information content (AvgIpc) is 2.46. The van der Waals surface area contributed by atoms with Crippen molar-refractivity contribution in [3.63, 3.8) is 0 Å². The monoisotopic (exact) mass is 596 g/mol. The zero-order valence-electron chi connectivity index (χ0n) is 26.7. The van der Waals surface area contributed by atoms with E-state index in [0.717, 1.165) is 0 Å². The number of nitrogens with zero attached hydrogens (tertiary/aromatic N) is 2. The van der Waals surface area contributed by atoms with Crippen molar-refractivity contribution in [2.75, 3.05) is 0 Å². The molecule has 0 aromatic heterocycles. The molecule has 2 saturated heterocycles. The molecule has 0 amide bonds. The van der Waals surface area contributed by atoms with Gasteiger partial charge in [0.25, 0.3) is 0 Å². The molecule has 2 radical (unpaired) electrons. The smallest absolute Gasteiger partial charge is 0.0306 e. The maximum Gasteiger partial charge on any atom is 0.0306 e. The Morgan fingerprint density at radius 2 is 0.676 bits per heavy atom. The maximum absolute atomic E-state index is 2.95. The van der Waals surface area contributed by atoms with Gasteiger partial charge in [0.1, 0.15) is 0 Å². The van der Waals surface area contributed by atoms with Crippen molar-refractivity contribution in [2.24, 2.45) is 0 Å². The van der Waals surface area contributed by atoms with Crippen molar-refractivity contribution < 1.29 is 0 Å². The van der Waals surface area contributed by atoms with Crippen LogP contribution in [0.25, 0.3) is 0 Å². The van der Waals surface area contributed by atoms with E-state index in [1.165, 1.54) is 38.5 Å². The van der Waals surface area contributed by atoms with Crippen LogP contribution < -0.4 is 0 Å². The van der Waals surface area contributed by atoms with Gasteiger partial charge < -0.3 is 0 Å². The molecule has 0 bridgehead atoms. The van der Waals surface area contributed by atoms with Crippen LogP contribution in [0.5, 0.6) is 0 Å². The quantitative estimate of drug-likeness (QED) is 0.294. The van der Waals surface area contributed by atoms with Crippen LogP contribution in [0.3, 0.4) is 0 Å². The fraction of sp³-hybridized carbons (Fsp3) is 1.00. The van der Waals surface area contributed by atoms with Crippen LogP contribution in [0.4, 0.5) is 0 Å². The Kier molecular flexibility index (Phi) is 10.7. The first-order valence-corrected chi connectivity index (χ1v) is 31.2. The molecule has 34 heavy (non-hydrogen) atoms. The summed E-state index contributed by atoms with van der Waals surface area (Å²) in [6, 6.07) is 0. The average molecular weight is 598 g/mol. The van der Waals surface area contributed by atoms with E-state index in [0.29, 0.717) is 22.2 Å². The Morgan fingerprint density at radius 3 is 0.824 bits per heavy atom. The molecule has 200 valence electrons. The Hall–Kier alpha value is 1.42. The molecule has 0 spiro atoms. The Morgan fingerprint density at radius 1 is 0.471 bits per heavy atom. The first-order valence-electron chi connectivity index (χ1n) is 14.1. The van der Waals surface area contributed by atoms with Crippen LogP contribution in [0.15, 0.2) is 0 Å². The summed E-state index contributed by atoms with van der Waals surface area (Å²) in [4.78, 5) is 0. The molecule has 2 aliphatic rings. The van der Waals surface area contributed by atoms with Crippen molar-refractivity contribution >= 4 is 48.0 Å². The van der Waals surface area contributed by atoms with E-state index in [9.17, 15) is 0 Å². The van der Waals surface area contributed by atoms with Gasteiger partial charge in [-0.25, -0.2) is 0 Å². The Balaban J connectivity index is 0.000000385. The summed E-state index contributed by atoms with van der Waals surface area (Å²) in [5, 5.41) is 0. The fourth-order valence-electron chi connectivity index (χ4n) is 8.14. The normalized spacial score (nSPS) is 25.5. The van der Waals surface area contributed by atoms with Crippen LogP contribution >= 0.6 is 0 Å². The second-order valence-corrected chi connectivity index (χ2v) is 56.3. The van der Waals surface area contributed by atoms with Crippen molar-refractivity contribution in [3.05, 3.63) is 0 Å². The molecule has 2 nitrogen and oxygen atoms in total. The van der Waals surface area contributed by atoms with Gasteiger partial charge in [-0.05, 0) is 0 Å². The van der Waals surface area contributed by atoms with Crippen molar-refractivity contribution in [1.29, 1.82) is 0 Å². The van der Waals surface area contributed by atoms with E-state index in [1.807, 2.05) is 0 Å². The molecule has 2 heterocycles. The van der Waals surface area contributed by atoms with E-state index in [2.05, 4.69) is 122 Å². The van der Waals surface area contributed by atoms with Gasteiger partial charge in [-0.3, -0.25) is 0 Å². The third-order valence-corrected chi connectivity index (χ3v) is 73.6. The summed E-state index contributed by atoms with van der Waals surface area (Å²) in [5.41, 5.74) is 1.52. The molecule has 0 unspecified atom stereocenters. The summed E-state index contributed by atoms with van der Waals surface area (Å²) in [7, 11) is -2.47. The van der Waals surface area contributed by atoms with Gasteiger partial charge in [0, 0.05) is 30.1 Å². The van der Waals surface area contributed by atoms with E-state index >= 15 is 0 Å². The summed E-state index contributed by atoms with van der Waals surface area (Å²) < 4.78 is 5.89. The van der Waals surface area contributed by atoms with E-state index in [4.69, 9.17) is 0 Å². The molecule has 7 heteroatoms. The van der Waals surface area contributed by atoms with Crippen LogP contribution in [0.2, 0.25) is 58.9 Å². The van der Waals surface area contributed by atoms with Crippen LogP contribution in [-0.4, -0.2) is 77.4 Å². The van der Waals surface area contributed by atoms with Gasteiger partial charge in [0.05, 0.1) is 0 Å². The van der Waals surface area contributed by atoms with Crippen LogP contribution in [0, 0.1) is 0 Å². The standard InChI is InChI=1S/2C9H18N.C9H27Si4.Ga/c2*1-8(2)6-5-7-9(3,4)10-8;1-11(2,3)10(12(4,5)6)13(7,8)9;/h2*5-7H2,1-4H3;1-9H3;/q2*-1;;+2. The molecule has 0 aromatic rings. The second-order valence-electron chi connectivity index (χ2n) is 16.9. The third kappa shape index (κ3) is 8.74. The molecule has 0 atom stereocenters. The molecule has 0 aliphatic carbocycles. The Bertz CT molecular complexity index is 568. The minimum Gasteiger partial charge on any atom is -0.0721 e. The first kappa shape index (κ1) is 33.5. The summed E-state index contributed by atoms with van der Waals surface area (Å²) in [6.07, 6.45) is 8.23. The molecule has 2 rings (SSSR count). The second kappa shape index (κ2) is 10.9. The van der Waals surface area contributed by atoms with Gasteiger partial charge in [-0.1, -0.05) is 58.9 Å². The molecule has 2 aliphatic heterocycles. The predicted molar refractivity (Wildman–Crippen MR) is 169 cm³/mol. The largest absolute Gasteiger partial charge is 0.0721 e. The van der Waals surface area contributed by atoms with Crippen LogP contribution in [0.1, 0.15) is 93.9 Å². The van der Waals surface area contributed by atoms with Gasteiger partial charge in [-0.15, -0.1) is 0 Å². The topological polar surface area (TPSA) is 6.48 Å².